The van der Waals surface area contributed by atoms with Crippen molar-refractivity contribution in [1.82, 2.24) is 5.32 Å². The van der Waals surface area contributed by atoms with Crippen LogP contribution in [0.4, 0.5) is 0 Å². The van der Waals surface area contributed by atoms with Crippen molar-refractivity contribution in [3.8, 4) is 0 Å². The van der Waals surface area contributed by atoms with Crippen molar-refractivity contribution in [2.75, 3.05) is 6.61 Å². The van der Waals surface area contributed by atoms with Gasteiger partial charge in [0.1, 0.15) is 0 Å². The van der Waals surface area contributed by atoms with E-state index in [0.29, 0.717) is 10.6 Å². The highest BCUT2D eigenvalue weighted by Gasteiger charge is 2.23. The number of rotatable bonds is 4. The third-order valence-electron chi connectivity index (χ3n) is 2.36. The largest absolute Gasteiger partial charge is 0.452 e. The van der Waals surface area contributed by atoms with E-state index in [1.54, 1.807) is 24.3 Å². The van der Waals surface area contributed by atoms with Crippen LogP contribution < -0.4 is 5.32 Å². The summed E-state index contributed by atoms with van der Waals surface area (Å²) in [6.45, 7) is -0.238. The number of carbonyl (C=O) groups is 2. The lowest BCUT2D eigenvalue weighted by Gasteiger charge is -2.05. The highest BCUT2D eigenvalue weighted by Crippen LogP contribution is 2.18. The summed E-state index contributed by atoms with van der Waals surface area (Å²) in [6.07, 6.45) is 2.02. The maximum absolute atomic E-state index is 11.5. The smallest absolute Gasteiger partial charge is 0.338 e. The molecule has 90 valence electrons. The van der Waals surface area contributed by atoms with Crippen molar-refractivity contribution in [1.29, 1.82) is 0 Å². The summed E-state index contributed by atoms with van der Waals surface area (Å²) in [5.74, 6) is -0.776. The summed E-state index contributed by atoms with van der Waals surface area (Å²) < 4.78 is 4.86. The van der Waals surface area contributed by atoms with Crippen LogP contribution in [0.2, 0.25) is 5.02 Å². The first-order valence-corrected chi connectivity index (χ1v) is 5.75. The second-order valence-corrected chi connectivity index (χ2v) is 4.36. The molecule has 1 N–H and O–H groups in total. The Morgan fingerprint density at radius 2 is 1.94 bits per heavy atom. The molecule has 0 aliphatic heterocycles. The van der Waals surface area contributed by atoms with Gasteiger partial charge in [0.15, 0.2) is 6.61 Å². The van der Waals surface area contributed by atoms with Crippen molar-refractivity contribution in [2.24, 2.45) is 0 Å². The first kappa shape index (κ1) is 11.9. The third-order valence-corrected chi connectivity index (χ3v) is 2.61. The van der Waals surface area contributed by atoms with Gasteiger partial charge in [-0.15, -0.1) is 0 Å². The molecule has 0 radical (unpaired) electrons. The quantitative estimate of drug-likeness (QED) is 0.832. The van der Waals surface area contributed by atoms with Gasteiger partial charge in [0, 0.05) is 11.1 Å². The first-order chi connectivity index (χ1) is 8.15. The fourth-order valence-electron chi connectivity index (χ4n) is 1.30. The van der Waals surface area contributed by atoms with Crippen LogP contribution in [0.25, 0.3) is 0 Å². The van der Waals surface area contributed by atoms with Gasteiger partial charge in [-0.3, -0.25) is 4.79 Å². The Morgan fingerprint density at radius 1 is 1.29 bits per heavy atom. The number of carbonyl (C=O) groups excluding carboxylic acids is 2. The molecule has 1 aromatic carbocycles. The van der Waals surface area contributed by atoms with Crippen molar-refractivity contribution < 1.29 is 14.3 Å². The summed E-state index contributed by atoms with van der Waals surface area (Å²) in [4.78, 5) is 22.8. The van der Waals surface area contributed by atoms with Gasteiger partial charge in [0.25, 0.3) is 5.91 Å². The van der Waals surface area contributed by atoms with E-state index in [2.05, 4.69) is 5.32 Å². The average molecular weight is 254 g/mol. The van der Waals surface area contributed by atoms with E-state index in [1.165, 1.54) is 0 Å². The van der Waals surface area contributed by atoms with Gasteiger partial charge in [0.05, 0.1) is 5.56 Å². The molecule has 0 atom stereocenters. The van der Waals surface area contributed by atoms with Gasteiger partial charge >= 0.3 is 5.97 Å². The minimum Gasteiger partial charge on any atom is -0.452 e. The molecule has 1 aliphatic carbocycles. The van der Waals surface area contributed by atoms with Crippen molar-refractivity contribution in [3.63, 3.8) is 0 Å². The highest BCUT2D eigenvalue weighted by molar-refractivity contribution is 6.30. The zero-order valence-corrected chi connectivity index (χ0v) is 9.87. The SMILES string of the molecule is O=C(COC(=O)c1ccc(Cl)cc1)NC1CC1. The predicted molar refractivity (Wildman–Crippen MR) is 62.9 cm³/mol. The normalized spacial score (nSPS) is 14.2. The van der Waals surface area contributed by atoms with Crippen LogP contribution in [0.1, 0.15) is 23.2 Å². The van der Waals surface area contributed by atoms with Crippen molar-refractivity contribution in [3.05, 3.63) is 34.9 Å². The molecule has 0 heterocycles. The summed E-state index contributed by atoms with van der Waals surface area (Å²) >= 11 is 5.69. The predicted octanol–water partition coefficient (Wildman–Crippen LogP) is 1.78. The highest BCUT2D eigenvalue weighted by atomic mass is 35.5. The van der Waals surface area contributed by atoms with Gasteiger partial charge in [-0.25, -0.2) is 4.79 Å². The number of esters is 1. The maximum Gasteiger partial charge on any atom is 0.338 e. The molecule has 1 fully saturated rings. The molecule has 17 heavy (non-hydrogen) atoms. The van der Waals surface area contributed by atoms with Crippen LogP contribution in [0.15, 0.2) is 24.3 Å². The molecule has 1 aliphatic rings. The topological polar surface area (TPSA) is 55.4 Å². The molecular formula is C12H12ClNO3. The van der Waals surface area contributed by atoms with Crippen molar-refractivity contribution in [2.45, 2.75) is 18.9 Å². The number of ether oxygens (including phenoxy) is 1. The molecule has 0 spiro atoms. The molecule has 4 nitrogen and oxygen atoms in total. The summed E-state index contributed by atoms with van der Waals surface area (Å²) in [7, 11) is 0. The van der Waals surface area contributed by atoms with E-state index in [9.17, 15) is 9.59 Å². The number of benzene rings is 1. The van der Waals surface area contributed by atoms with Crippen LogP contribution in [0, 0.1) is 0 Å². The molecule has 0 saturated heterocycles. The number of nitrogens with one attached hydrogen (secondary N) is 1. The molecule has 0 aromatic heterocycles. The second kappa shape index (κ2) is 5.19. The average Bonchev–Trinajstić information content (AvgIpc) is 3.11. The molecule has 0 bridgehead atoms. The number of amides is 1. The van der Waals surface area contributed by atoms with Crippen LogP contribution >= 0.6 is 11.6 Å². The van der Waals surface area contributed by atoms with Crippen molar-refractivity contribution >= 4 is 23.5 Å². The van der Waals surface area contributed by atoms with Gasteiger partial charge in [-0.05, 0) is 37.1 Å². The summed E-state index contributed by atoms with van der Waals surface area (Å²) in [5, 5.41) is 3.28. The fourth-order valence-corrected chi connectivity index (χ4v) is 1.42. The van der Waals surface area contributed by atoms with Gasteiger partial charge in [-0.1, -0.05) is 11.6 Å². The molecule has 1 aromatic rings. The summed E-state index contributed by atoms with van der Waals surface area (Å²) in [6, 6.07) is 6.59. The fraction of sp³-hybridized carbons (Fsp3) is 0.333. The minimum absolute atomic E-state index is 0.238. The van der Waals surface area contributed by atoms with Gasteiger partial charge in [-0.2, -0.15) is 0 Å². The van der Waals surface area contributed by atoms with Crippen LogP contribution in [-0.2, 0) is 9.53 Å². The standard InChI is InChI=1S/C12H12ClNO3/c13-9-3-1-8(2-4-9)12(16)17-7-11(15)14-10-5-6-10/h1-4,10H,5-7H2,(H,14,15). The van der Waals surface area contributed by atoms with E-state index >= 15 is 0 Å². The Morgan fingerprint density at radius 3 is 2.53 bits per heavy atom. The zero-order chi connectivity index (χ0) is 12.3. The van der Waals surface area contributed by atoms with E-state index in [-0.39, 0.29) is 18.6 Å². The third kappa shape index (κ3) is 3.75. The van der Waals surface area contributed by atoms with Gasteiger partial charge in [0.2, 0.25) is 0 Å². The number of hydrogen-bond acceptors (Lipinski definition) is 3. The second-order valence-electron chi connectivity index (χ2n) is 3.92. The molecule has 5 heteroatoms. The Balaban J connectivity index is 1.79. The molecule has 2 rings (SSSR count). The lowest BCUT2D eigenvalue weighted by Crippen LogP contribution is -2.30. The number of hydrogen-bond donors (Lipinski definition) is 1. The van der Waals surface area contributed by atoms with E-state index in [4.69, 9.17) is 16.3 Å². The van der Waals surface area contributed by atoms with E-state index in [0.717, 1.165) is 12.8 Å². The lowest BCUT2D eigenvalue weighted by molar-refractivity contribution is -0.124. The molecule has 1 amide bonds. The first-order valence-electron chi connectivity index (χ1n) is 5.37. The Labute approximate surface area is 104 Å². The van der Waals surface area contributed by atoms with Crippen LogP contribution in [0.3, 0.4) is 0 Å². The monoisotopic (exact) mass is 253 g/mol. The number of halogens is 1. The molecule has 1 saturated carbocycles. The zero-order valence-electron chi connectivity index (χ0n) is 9.11. The summed E-state index contributed by atoms with van der Waals surface area (Å²) in [5.41, 5.74) is 0.383. The van der Waals surface area contributed by atoms with E-state index in [1.807, 2.05) is 0 Å². The Hall–Kier alpha value is -1.55. The minimum atomic E-state index is -0.521. The lowest BCUT2D eigenvalue weighted by atomic mass is 10.2. The van der Waals surface area contributed by atoms with E-state index < -0.39 is 5.97 Å². The van der Waals surface area contributed by atoms with Gasteiger partial charge < -0.3 is 10.1 Å². The maximum atomic E-state index is 11.5. The molecular weight excluding hydrogens is 242 g/mol. The van der Waals surface area contributed by atoms with Crippen LogP contribution in [0.5, 0.6) is 0 Å². The van der Waals surface area contributed by atoms with Crippen LogP contribution in [-0.4, -0.2) is 24.5 Å². The Bertz CT molecular complexity index is 426. The molecule has 0 unspecified atom stereocenters. The Kier molecular flexibility index (Phi) is 3.64.